The average molecular weight is 268 g/mol. The van der Waals surface area contributed by atoms with Crippen LogP contribution in [0.4, 0.5) is 5.69 Å². The highest BCUT2D eigenvalue weighted by Gasteiger charge is 2.11. The summed E-state index contributed by atoms with van der Waals surface area (Å²) in [7, 11) is 3.55. The summed E-state index contributed by atoms with van der Waals surface area (Å²) in [6.07, 6.45) is 1.68. The van der Waals surface area contributed by atoms with E-state index in [0.29, 0.717) is 25.6 Å². The van der Waals surface area contributed by atoms with Crippen LogP contribution in [-0.4, -0.2) is 43.1 Å². The lowest BCUT2D eigenvalue weighted by Crippen LogP contribution is -2.37. The molecule has 1 heterocycles. The molecule has 19 heavy (non-hydrogen) atoms. The van der Waals surface area contributed by atoms with E-state index >= 15 is 0 Å². The predicted molar refractivity (Wildman–Crippen MR) is 76.5 cm³/mol. The number of hydrogen-bond donors (Lipinski definition) is 1. The van der Waals surface area contributed by atoms with E-state index in [1.165, 1.54) is 4.68 Å². The van der Waals surface area contributed by atoms with E-state index in [1.807, 2.05) is 25.8 Å². The molecule has 0 aliphatic heterocycles. The van der Waals surface area contributed by atoms with E-state index in [9.17, 15) is 4.79 Å². The fourth-order valence-corrected chi connectivity index (χ4v) is 1.54. The fourth-order valence-electron chi connectivity index (χ4n) is 1.54. The lowest BCUT2D eigenvalue weighted by molar-refractivity contribution is 0.206. The summed E-state index contributed by atoms with van der Waals surface area (Å²) in [5.41, 5.74) is 6.62. The van der Waals surface area contributed by atoms with Gasteiger partial charge in [0.15, 0.2) is 0 Å². The fraction of sp³-hybridized carbons (Fsp3) is 0.692. The van der Waals surface area contributed by atoms with Crippen molar-refractivity contribution in [3.8, 4) is 0 Å². The zero-order valence-electron chi connectivity index (χ0n) is 12.2. The predicted octanol–water partition coefficient (Wildman–Crippen LogP) is 0.309. The van der Waals surface area contributed by atoms with E-state index in [2.05, 4.69) is 5.10 Å². The summed E-state index contributed by atoms with van der Waals surface area (Å²) >= 11 is 0. The van der Waals surface area contributed by atoms with Crippen molar-refractivity contribution in [3.63, 3.8) is 0 Å². The summed E-state index contributed by atoms with van der Waals surface area (Å²) in [5, 5.41) is 4.17. The molecule has 6 heteroatoms. The monoisotopic (exact) mass is 268 g/mol. The quantitative estimate of drug-likeness (QED) is 0.770. The SMILES string of the molecule is COCCN(C)c1cnn(CC(N)C(C)C)c(=O)c1. The molecule has 1 atom stereocenters. The van der Waals surface area contributed by atoms with Gasteiger partial charge in [0.2, 0.25) is 0 Å². The molecule has 1 aromatic heterocycles. The molecule has 0 amide bonds. The summed E-state index contributed by atoms with van der Waals surface area (Å²) in [4.78, 5) is 13.9. The second-order valence-electron chi connectivity index (χ2n) is 5.06. The first kappa shape index (κ1) is 15.7. The molecule has 0 radical (unpaired) electrons. The van der Waals surface area contributed by atoms with E-state index in [4.69, 9.17) is 10.5 Å². The molecule has 0 spiro atoms. The molecule has 0 saturated heterocycles. The van der Waals surface area contributed by atoms with Gasteiger partial charge in [-0.2, -0.15) is 5.10 Å². The van der Waals surface area contributed by atoms with Gasteiger partial charge in [0, 0.05) is 32.8 Å². The summed E-state index contributed by atoms with van der Waals surface area (Å²) in [5.74, 6) is 0.317. The van der Waals surface area contributed by atoms with Gasteiger partial charge in [0.05, 0.1) is 25.0 Å². The Balaban J connectivity index is 2.77. The standard InChI is InChI=1S/C13H24N4O2/c1-10(2)12(14)9-17-13(18)7-11(8-15-17)16(3)5-6-19-4/h7-8,10,12H,5-6,9,14H2,1-4H3. The van der Waals surface area contributed by atoms with Crippen molar-refractivity contribution in [2.45, 2.75) is 26.4 Å². The Bertz CT molecular complexity index is 445. The molecule has 0 fully saturated rings. The minimum atomic E-state index is -0.127. The van der Waals surface area contributed by atoms with Gasteiger partial charge in [-0.3, -0.25) is 4.79 Å². The van der Waals surface area contributed by atoms with Gasteiger partial charge in [-0.1, -0.05) is 13.8 Å². The van der Waals surface area contributed by atoms with Crippen molar-refractivity contribution in [1.29, 1.82) is 0 Å². The molecule has 0 saturated carbocycles. The zero-order valence-corrected chi connectivity index (χ0v) is 12.2. The second-order valence-corrected chi connectivity index (χ2v) is 5.06. The number of nitrogens with zero attached hydrogens (tertiary/aromatic N) is 3. The molecule has 0 aliphatic rings. The van der Waals surface area contributed by atoms with Crippen molar-refractivity contribution in [1.82, 2.24) is 9.78 Å². The first-order valence-corrected chi connectivity index (χ1v) is 6.48. The number of aromatic nitrogens is 2. The normalized spacial score (nSPS) is 12.7. The largest absolute Gasteiger partial charge is 0.383 e. The Morgan fingerprint density at radius 2 is 2.21 bits per heavy atom. The number of rotatable bonds is 7. The Kier molecular flexibility index (Phi) is 5.98. The Morgan fingerprint density at radius 1 is 1.53 bits per heavy atom. The molecule has 1 unspecified atom stereocenters. The molecule has 2 N–H and O–H groups in total. The van der Waals surface area contributed by atoms with Gasteiger partial charge in [0.1, 0.15) is 0 Å². The van der Waals surface area contributed by atoms with Gasteiger partial charge < -0.3 is 15.4 Å². The van der Waals surface area contributed by atoms with Crippen LogP contribution in [0.5, 0.6) is 0 Å². The molecule has 0 aromatic carbocycles. The van der Waals surface area contributed by atoms with Crippen molar-refractivity contribution in [2.75, 3.05) is 32.2 Å². The van der Waals surface area contributed by atoms with E-state index < -0.39 is 0 Å². The van der Waals surface area contributed by atoms with E-state index in [-0.39, 0.29) is 11.6 Å². The maximum atomic E-state index is 12.0. The number of methoxy groups -OCH3 is 1. The van der Waals surface area contributed by atoms with Gasteiger partial charge in [-0.15, -0.1) is 0 Å². The van der Waals surface area contributed by atoms with Crippen LogP contribution in [0.15, 0.2) is 17.1 Å². The van der Waals surface area contributed by atoms with E-state index in [1.54, 1.807) is 19.4 Å². The topological polar surface area (TPSA) is 73.4 Å². The molecular formula is C13H24N4O2. The number of nitrogens with two attached hydrogens (primary N) is 1. The summed E-state index contributed by atoms with van der Waals surface area (Å²) in [6.45, 7) is 5.83. The van der Waals surface area contributed by atoms with Crippen LogP contribution in [0.25, 0.3) is 0 Å². The van der Waals surface area contributed by atoms with Crippen molar-refractivity contribution in [3.05, 3.63) is 22.6 Å². The first-order chi connectivity index (χ1) is 8.95. The third-order valence-corrected chi connectivity index (χ3v) is 3.17. The first-order valence-electron chi connectivity index (χ1n) is 6.48. The number of ether oxygens (including phenoxy) is 1. The van der Waals surface area contributed by atoms with Crippen LogP contribution in [0, 0.1) is 5.92 Å². The second kappa shape index (κ2) is 7.25. The van der Waals surface area contributed by atoms with E-state index in [0.717, 1.165) is 5.69 Å². The highest BCUT2D eigenvalue weighted by molar-refractivity contribution is 5.41. The molecule has 1 rings (SSSR count). The molecule has 6 nitrogen and oxygen atoms in total. The van der Waals surface area contributed by atoms with Crippen molar-refractivity contribution in [2.24, 2.45) is 11.7 Å². The van der Waals surface area contributed by atoms with Gasteiger partial charge in [-0.05, 0) is 5.92 Å². The van der Waals surface area contributed by atoms with Gasteiger partial charge in [-0.25, -0.2) is 4.68 Å². The number of anilines is 1. The van der Waals surface area contributed by atoms with Crippen molar-refractivity contribution >= 4 is 5.69 Å². The molecule has 1 aromatic rings. The highest BCUT2D eigenvalue weighted by atomic mass is 16.5. The Morgan fingerprint density at radius 3 is 2.74 bits per heavy atom. The zero-order chi connectivity index (χ0) is 14.4. The van der Waals surface area contributed by atoms with Crippen LogP contribution in [0.1, 0.15) is 13.8 Å². The minimum absolute atomic E-state index is 0.0673. The summed E-state index contributed by atoms with van der Waals surface area (Å²) < 4.78 is 6.42. The molecular weight excluding hydrogens is 244 g/mol. The van der Waals surface area contributed by atoms with Crippen LogP contribution < -0.4 is 16.2 Å². The smallest absolute Gasteiger partial charge is 0.268 e. The Hall–Kier alpha value is -1.40. The average Bonchev–Trinajstić information content (AvgIpc) is 2.37. The number of hydrogen-bond acceptors (Lipinski definition) is 5. The van der Waals surface area contributed by atoms with Crippen LogP contribution >= 0.6 is 0 Å². The van der Waals surface area contributed by atoms with Crippen LogP contribution in [0.3, 0.4) is 0 Å². The van der Waals surface area contributed by atoms with Gasteiger partial charge >= 0.3 is 0 Å². The number of likely N-dealkylation sites (N-methyl/N-ethyl adjacent to an activating group) is 1. The van der Waals surface area contributed by atoms with Gasteiger partial charge in [0.25, 0.3) is 5.56 Å². The molecule has 108 valence electrons. The third kappa shape index (κ3) is 4.65. The minimum Gasteiger partial charge on any atom is -0.383 e. The van der Waals surface area contributed by atoms with Crippen molar-refractivity contribution < 1.29 is 4.74 Å². The lowest BCUT2D eigenvalue weighted by Gasteiger charge is -2.19. The highest BCUT2D eigenvalue weighted by Crippen LogP contribution is 2.07. The van der Waals surface area contributed by atoms with Crippen LogP contribution in [-0.2, 0) is 11.3 Å². The Labute approximate surface area is 114 Å². The maximum absolute atomic E-state index is 12.0. The third-order valence-electron chi connectivity index (χ3n) is 3.17. The molecule has 0 aliphatic carbocycles. The summed E-state index contributed by atoms with van der Waals surface area (Å²) in [6, 6.07) is 1.51. The van der Waals surface area contributed by atoms with Crippen LogP contribution in [0.2, 0.25) is 0 Å². The maximum Gasteiger partial charge on any atom is 0.268 e. The molecule has 0 bridgehead atoms. The lowest BCUT2D eigenvalue weighted by atomic mass is 10.1.